The number of halogens is 2. The predicted octanol–water partition coefficient (Wildman–Crippen LogP) is -1.21. The molecule has 0 saturated heterocycles. The van der Waals surface area contributed by atoms with Crippen LogP contribution < -0.4 is 0 Å². The van der Waals surface area contributed by atoms with Gasteiger partial charge >= 0.3 is 12.1 Å². The van der Waals surface area contributed by atoms with Gasteiger partial charge in [0, 0.05) is 0 Å². The molecule has 0 saturated carbocycles. The van der Waals surface area contributed by atoms with E-state index in [1.165, 1.54) is 0 Å². The number of rotatable bonds is 1. The molecule has 0 fully saturated rings. The van der Waals surface area contributed by atoms with Crippen LogP contribution in [0.1, 0.15) is 0 Å². The van der Waals surface area contributed by atoms with Gasteiger partial charge in [-0.05, 0) is 0 Å². The van der Waals surface area contributed by atoms with E-state index in [4.69, 9.17) is 9.59 Å². The van der Waals surface area contributed by atoms with Crippen LogP contribution in [-0.2, 0) is 9.59 Å². The predicted molar refractivity (Wildman–Crippen MR) is 22.2 cm³/mol. The molecule has 0 bridgehead atoms. The Morgan fingerprint density at radius 2 is 1.14 bits per heavy atom. The summed E-state index contributed by atoms with van der Waals surface area (Å²) in [6.07, 6.45) is 0. The SMILES string of the molecule is B.O=C(F)C(=O)F. The van der Waals surface area contributed by atoms with Crippen LogP contribution in [0, 0.1) is 0 Å². The summed E-state index contributed by atoms with van der Waals surface area (Å²) >= 11 is 0. The van der Waals surface area contributed by atoms with E-state index in [-0.39, 0.29) is 8.41 Å². The van der Waals surface area contributed by atoms with Crippen molar-refractivity contribution in [3.63, 3.8) is 0 Å². The Morgan fingerprint density at radius 1 is 1.00 bits per heavy atom. The van der Waals surface area contributed by atoms with Crippen LogP contribution >= 0.6 is 0 Å². The Bertz CT molecular complexity index is 79.7. The molecule has 40 valence electrons. The first-order valence-electron chi connectivity index (χ1n) is 1.04. The minimum atomic E-state index is -2.55. The lowest BCUT2D eigenvalue weighted by Gasteiger charge is -1.63. The third-order valence-electron chi connectivity index (χ3n) is 0.155. The normalized spacial score (nSPS) is 6.57. The summed E-state index contributed by atoms with van der Waals surface area (Å²) in [7, 11) is 0. The van der Waals surface area contributed by atoms with Crippen molar-refractivity contribution in [2.75, 3.05) is 0 Å². The van der Waals surface area contributed by atoms with Crippen molar-refractivity contribution in [3.8, 4) is 0 Å². The molecular formula is C2H3BF2O2. The molecule has 0 atom stereocenters. The van der Waals surface area contributed by atoms with Gasteiger partial charge in [0.2, 0.25) is 0 Å². The highest BCUT2D eigenvalue weighted by Gasteiger charge is 2.07. The summed E-state index contributed by atoms with van der Waals surface area (Å²) in [5, 5.41) is 0. The van der Waals surface area contributed by atoms with Gasteiger partial charge in [-0.2, -0.15) is 8.78 Å². The van der Waals surface area contributed by atoms with Crippen molar-refractivity contribution in [2.24, 2.45) is 0 Å². The van der Waals surface area contributed by atoms with Gasteiger partial charge in [0.25, 0.3) is 0 Å². The second-order valence-corrected chi connectivity index (χ2v) is 0.547. The molecule has 0 aliphatic heterocycles. The van der Waals surface area contributed by atoms with Gasteiger partial charge in [-0.1, -0.05) is 0 Å². The Labute approximate surface area is 40.1 Å². The first kappa shape index (κ1) is 9.55. The van der Waals surface area contributed by atoms with Crippen molar-refractivity contribution in [2.45, 2.75) is 0 Å². The summed E-state index contributed by atoms with van der Waals surface area (Å²) in [5.41, 5.74) is 0. The van der Waals surface area contributed by atoms with Crippen molar-refractivity contribution >= 4 is 20.5 Å². The van der Waals surface area contributed by atoms with E-state index >= 15 is 0 Å². The van der Waals surface area contributed by atoms with Crippen molar-refractivity contribution < 1.29 is 18.4 Å². The third-order valence-corrected chi connectivity index (χ3v) is 0.155. The second kappa shape index (κ2) is 3.45. The zero-order valence-corrected chi connectivity index (χ0v) is 2.57. The maximum atomic E-state index is 10.5. The Balaban J connectivity index is 0. The van der Waals surface area contributed by atoms with Gasteiger partial charge in [0.15, 0.2) is 0 Å². The summed E-state index contributed by atoms with van der Waals surface area (Å²) in [6.45, 7) is 0. The topological polar surface area (TPSA) is 34.1 Å². The zero-order chi connectivity index (χ0) is 5.15. The zero-order valence-electron chi connectivity index (χ0n) is 2.57. The molecule has 0 unspecified atom stereocenters. The van der Waals surface area contributed by atoms with Crippen molar-refractivity contribution in [1.82, 2.24) is 0 Å². The maximum absolute atomic E-state index is 10.5. The number of carbonyl (C=O) groups excluding carboxylic acids is 2. The molecule has 0 aliphatic rings. The monoisotopic (exact) mass is 108 g/mol. The molecule has 0 aromatic carbocycles. The quantitative estimate of drug-likeness (QED) is 0.240. The molecule has 0 aliphatic carbocycles. The minimum absolute atomic E-state index is 0. The van der Waals surface area contributed by atoms with E-state index in [1.54, 1.807) is 0 Å². The summed E-state index contributed by atoms with van der Waals surface area (Å²) in [4.78, 5) is 17.5. The van der Waals surface area contributed by atoms with Gasteiger partial charge in [0.1, 0.15) is 0 Å². The molecule has 0 N–H and O–H groups in total. The molecule has 0 rings (SSSR count). The lowest BCUT2D eigenvalue weighted by molar-refractivity contribution is -0.149. The Morgan fingerprint density at radius 3 is 1.14 bits per heavy atom. The van der Waals surface area contributed by atoms with Crippen LogP contribution in [0.15, 0.2) is 0 Å². The number of hydrogen-bond donors (Lipinski definition) is 0. The summed E-state index contributed by atoms with van der Waals surface area (Å²) in [5.74, 6) is 0. The van der Waals surface area contributed by atoms with Gasteiger partial charge in [-0.3, -0.25) is 0 Å². The summed E-state index contributed by atoms with van der Waals surface area (Å²) < 4.78 is 20.9. The fraction of sp³-hybridized carbons (Fsp3) is 0. The van der Waals surface area contributed by atoms with Gasteiger partial charge in [-0.25, -0.2) is 9.59 Å². The van der Waals surface area contributed by atoms with E-state index in [9.17, 15) is 8.78 Å². The number of hydrogen-bond acceptors (Lipinski definition) is 2. The molecule has 0 amide bonds. The minimum Gasteiger partial charge on any atom is -0.249 e. The van der Waals surface area contributed by atoms with Crippen LogP contribution in [0.2, 0.25) is 0 Å². The Hall–Kier alpha value is -0.735. The van der Waals surface area contributed by atoms with Crippen LogP contribution in [0.25, 0.3) is 0 Å². The average Bonchev–Trinajstić information content (AvgIpc) is 1.36. The largest absolute Gasteiger partial charge is 0.401 e. The third kappa shape index (κ3) is 5.26. The number of carbonyl (C=O) groups is 2. The van der Waals surface area contributed by atoms with E-state index in [2.05, 4.69) is 0 Å². The van der Waals surface area contributed by atoms with Crippen molar-refractivity contribution in [3.05, 3.63) is 0 Å². The van der Waals surface area contributed by atoms with Gasteiger partial charge in [-0.15, -0.1) is 0 Å². The standard InChI is InChI=1S/C2F2O2.BH3/c3-1(5)2(4)6;/h;1H3. The van der Waals surface area contributed by atoms with E-state index in [0.29, 0.717) is 0 Å². The maximum Gasteiger partial charge on any atom is 0.401 e. The first-order chi connectivity index (χ1) is 2.64. The molecular weight excluding hydrogens is 105 g/mol. The highest BCUT2D eigenvalue weighted by atomic mass is 19.2. The highest BCUT2D eigenvalue weighted by molar-refractivity contribution is 6.28. The van der Waals surface area contributed by atoms with Crippen LogP contribution in [0.3, 0.4) is 0 Å². The molecule has 2 nitrogen and oxygen atoms in total. The molecule has 7 heavy (non-hydrogen) atoms. The van der Waals surface area contributed by atoms with Crippen molar-refractivity contribution in [1.29, 1.82) is 0 Å². The highest BCUT2D eigenvalue weighted by Crippen LogP contribution is 1.74. The van der Waals surface area contributed by atoms with Crippen LogP contribution in [0.5, 0.6) is 0 Å². The second-order valence-electron chi connectivity index (χ2n) is 0.547. The molecule has 5 heteroatoms. The molecule has 0 spiro atoms. The fourth-order valence-electron chi connectivity index (χ4n) is 0. The summed E-state index contributed by atoms with van der Waals surface area (Å²) in [6, 6.07) is -5.09. The fourth-order valence-corrected chi connectivity index (χ4v) is 0. The smallest absolute Gasteiger partial charge is 0.249 e. The lowest BCUT2D eigenvalue weighted by atomic mass is 10.8. The molecule has 0 aromatic rings. The molecule has 0 radical (unpaired) electrons. The average molecular weight is 108 g/mol. The van der Waals surface area contributed by atoms with Crippen LogP contribution in [-0.4, -0.2) is 20.5 Å². The molecule has 0 heterocycles. The van der Waals surface area contributed by atoms with Gasteiger partial charge in [0.05, 0.1) is 8.41 Å². The Kier molecular flexibility index (Phi) is 4.71. The van der Waals surface area contributed by atoms with E-state index < -0.39 is 12.1 Å². The van der Waals surface area contributed by atoms with E-state index in [1.807, 2.05) is 0 Å². The lowest BCUT2D eigenvalue weighted by Crippen LogP contribution is -1.97. The van der Waals surface area contributed by atoms with Gasteiger partial charge < -0.3 is 0 Å². The van der Waals surface area contributed by atoms with Crippen LogP contribution in [0.4, 0.5) is 8.78 Å². The first-order valence-corrected chi connectivity index (χ1v) is 1.04. The van der Waals surface area contributed by atoms with E-state index in [0.717, 1.165) is 0 Å². The molecule has 0 aromatic heterocycles.